The SMILES string of the molecule is Cc1cc(C)cc(NC(=O)C(=O)Nc2ccc(Cl)cc2Cl)c1. The van der Waals surface area contributed by atoms with E-state index in [0.29, 0.717) is 16.4 Å². The maximum absolute atomic E-state index is 11.9. The van der Waals surface area contributed by atoms with Crippen molar-refractivity contribution in [3.8, 4) is 0 Å². The average molecular weight is 337 g/mol. The third-order valence-corrected chi connectivity index (χ3v) is 3.41. The molecule has 6 heteroatoms. The Hall–Kier alpha value is -2.04. The van der Waals surface area contributed by atoms with E-state index in [4.69, 9.17) is 23.2 Å². The summed E-state index contributed by atoms with van der Waals surface area (Å²) in [5, 5.41) is 5.71. The lowest BCUT2D eigenvalue weighted by Gasteiger charge is -2.09. The predicted molar refractivity (Wildman–Crippen MR) is 89.6 cm³/mol. The second-order valence-electron chi connectivity index (χ2n) is 4.91. The molecule has 2 aromatic carbocycles. The number of halogens is 2. The first-order valence-corrected chi connectivity index (χ1v) is 7.26. The highest BCUT2D eigenvalue weighted by Crippen LogP contribution is 2.25. The second-order valence-corrected chi connectivity index (χ2v) is 5.75. The van der Waals surface area contributed by atoms with Crippen LogP contribution in [0.25, 0.3) is 0 Å². The summed E-state index contributed by atoms with van der Waals surface area (Å²) in [5.41, 5.74) is 2.89. The third kappa shape index (κ3) is 4.23. The van der Waals surface area contributed by atoms with E-state index in [-0.39, 0.29) is 5.02 Å². The molecule has 22 heavy (non-hydrogen) atoms. The molecular weight excluding hydrogens is 323 g/mol. The third-order valence-electron chi connectivity index (χ3n) is 2.87. The number of aryl methyl sites for hydroxylation is 2. The van der Waals surface area contributed by atoms with Crippen molar-refractivity contribution in [3.05, 3.63) is 57.6 Å². The minimum absolute atomic E-state index is 0.264. The van der Waals surface area contributed by atoms with Gasteiger partial charge in [0.15, 0.2) is 0 Å². The molecule has 0 atom stereocenters. The molecule has 2 amide bonds. The Morgan fingerprint density at radius 3 is 2.05 bits per heavy atom. The van der Waals surface area contributed by atoms with Gasteiger partial charge in [0, 0.05) is 10.7 Å². The molecular formula is C16H14Cl2N2O2. The highest BCUT2D eigenvalue weighted by Gasteiger charge is 2.15. The van der Waals surface area contributed by atoms with Gasteiger partial charge in [0.2, 0.25) is 0 Å². The average Bonchev–Trinajstić information content (AvgIpc) is 2.40. The van der Waals surface area contributed by atoms with Gasteiger partial charge in [-0.25, -0.2) is 0 Å². The molecule has 0 saturated carbocycles. The lowest BCUT2D eigenvalue weighted by Crippen LogP contribution is -2.29. The van der Waals surface area contributed by atoms with E-state index >= 15 is 0 Å². The minimum Gasteiger partial charge on any atom is -0.318 e. The predicted octanol–water partition coefficient (Wildman–Crippen LogP) is 4.19. The maximum atomic E-state index is 11.9. The molecule has 0 fully saturated rings. The Balaban J connectivity index is 2.07. The van der Waals surface area contributed by atoms with Crippen LogP contribution in [0.2, 0.25) is 10.0 Å². The van der Waals surface area contributed by atoms with Crippen LogP contribution < -0.4 is 10.6 Å². The Morgan fingerprint density at radius 2 is 1.45 bits per heavy atom. The molecule has 0 unspecified atom stereocenters. The van der Waals surface area contributed by atoms with Gasteiger partial charge >= 0.3 is 11.8 Å². The minimum atomic E-state index is -0.802. The monoisotopic (exact) mass is 336 g/mol. The Morgan fingerprint density at radius 1 is 0.864 bits per heavy atom. The number of carbonyl (C=O) groups excluding carboxylic acids is 2. The summed E-state index contributed by atoms with van der Waals surface area (Å²) in [5.74, 6) is -1.57. The van der Waals surface area contributed by atoms with Gasteiger partial charge in [0.05, 0.1) is 10.7 Å². The van der Waals surface area contributed by atoms with Gasteiger partial charge in [-0.3, -0.25) is 9.59 Å². The van der Waals surface area contributed by atoms with E-state index in [1.807, 2.05) is 19.9 Å². The summed E-state index contributed by atoms with van der Waals surface area (Å²) in [4.78, 5) is 23.8. The highest BCUT2D eigenvalue weighted by molar-refractivity contribution is 6.45. The van der Waals surface area contributed by atoms with E-state index in [1.54, 1.807) is 18.2 Å². The molecule has 0 aliphatic heterocycles. The van der Waals surface area contributed by atoms with Crippen LogP contribution in [0.3, 0.4) is 0 Å². The molecule has 2 N–H and O–H groups in total. The van der Waals surface area contributed by atoms with Gasteiger partial charge in [-0.05, 0) is 55.3 Å². The van der Waals surface area contributed by atoms with E-state index in [2.05, 4.69) is 10.6 Å². The number of benzene rings is 2. The smallest absolute Gasteiger partial charge is 0.314 e. The van der Waals surface area contributed by atoms with E-state index in [9.17, 15) is 9.59 Å². The molecule has 0 bridgehead atoms. The van der Waals surface area contributed by atoms with Crippen molar-refractivity contribution in [2.45, 2.75) is 13.8 Å². The largest absolute Gasteiger partial charge is 0.318 e. The zero-order valence-corrected chi connectivity index (χ0v) is 13.5. The summed E-state index contributed by atoms with van der Waals surface area (Å²) in [7, 11) is 0. The molecule has 0 aliphatic carbocycles. The number of rotatable bonds is 2. The van der Waals surface area contributed by atoms with E-state index in [0.717, 1.165) is 11.1 Å². The Kier molecular flexibility index (Phi) is 5.06. The van der Waals surface area contributed by atoms with Crippen molar-refractivity contribution < 1.29 is 9.59 Å². The van der Waals surface area contributed by atoms with Crippen LogP contribution in [-0.2, 0) is 9.59 Å². The van der Waals surface area contributed by atoms with Gasteiger partial charge in [0.1, 0.15) is 0 Å². The summed E-state index contributed by atoms with van der Waals surface area (Å²) in [6, 6.07) is 10.1. The number of anilines is 2. The molecule has 2 aromatic rings. The van der Waals surface area contributed by atoms with Crippen LogP contribution in [0.1, 0.15) is 11.1 Å². The number of carbonyl (C=O) groups is 2. The molecule has 0 heterocycles. The van der Waals surface area contributed by atoms with E-state index in [1.165, 1.54) is 12.1 Å². The van der Waals surface area contributed by atoms with E-state index < -0.39 is 11.8 Å². The lowest BCUT2D eigenvalue weighted by atomic mass is 10.1. The Bertz CT molecular complexity index is 725. The highest BCUT2D eigenvalue weighted by atomic mass is 35.5. The summed E-state index contributed by atoms with van der Waals surface area (Å²) < 4.78 is 0. The molecule has 4 nitrogen and oxygen atoms in total. The van der Waals surface area contributed by atoms with Crippen LogP contribution >= 0.6 is 23.2 Å². The lowest BCUT2D eigenvalue weighted by molar-refractivity contribution is -0.132. The molecule has 0 saturated heterocycles. The number of nitrogens with one attached hydrogen (secondary N) is 2. The first-order valence-electron chi connectivity index (χ1n) is 6.51. The van der Waals surface area contributed by atoms with Crippen molar-refractivity contribution >= 4 is 46.4 Å². The second kappa shape index (κ2) is 6.81. The van der Waals surface area contributed by atoms with Gasteiger partial charge in [-0.2, -0.15) is 0 Å². The van der Waals surface area contributed by atoms with Crippen LogP contribution in [0.4, 0.5) is 11.4 Å². The van der Waals surface area contributed by atoms with Gasteiger partial charge < -0.3 is 10.6 Å². The van der Waals surface area contributed by atoms with Gasteiger partial charge in [-0.15, -0.1) is 0 Å². The van der Waals surface area contributed by atoms with Gasteiger partial charge in [0.25, 0.3) is 0 Å². The van der Waals surface area contributed by atoms with Gasteiger partial charge in [-0.1, -0.05) is 29.3 Å². The summed E-state index contributed by atoms with van der Waals surface area (Å²) >= 11 is 11.7. The fourth-order valence-corrected chi connectivity index (χ4v) is 2.46. The maximum Gasteiger partial charge on any atom is 0.314 e. The van der Waals surface area contributed by atoms with Crippen LogP contribution in [0.5, 0.6) is 0 Å². The summed E-state index contributed by atoms with van der Waals surface area (Å²) in [6.07, 6.45) is 0. The molecule has 0 spiro atoms. The van der Waals surface area contributed by atoms with Crippen LogP contribution in [0.15, 0.2) is 36.4 Å². The van der Waals surface area contributed by atoms with Crippen molar-refractivity contribution in [1.82, 2.24) is 0 Å². The summed E-state index contributed by atoms with van der Waals surface area (Å²) in [6.45, 7) is 3.83. The van der Waals surface area contributed by atoms with Crippen molar-refractivity contribution in [3.63, 3.8) is 0 Å². The molecule has 0 radical (unpaired) electrons. The molecule has 2 rings (SSSR count). The zero-order valence-electron chi connectivity index (χ0n) is 12.0. The number of amides is 2. The topological polar surface area (TPSA) is 58.2 Å². The van der Waals surface area contributed by atoms with Crippen molar-refractivity contribution in [2.24, 2.45) is 0 Å². The fraction of sp³-hybridized carbons (Fsp3) is 0.125. The quantitative estimate of drug-likeness (QED) is 0.808. The van der Waals surface area contributed by atoms with Crippen LogP contribution in [-0.4, -0.2) is 11.8 Å². The van der Waals surface area contributed by atoms with Crippen molar-refractivity contribution in [1.29, 1.82) is 0 Å². The molecule has 0 aromatic heterocycles. The fourth-order valence-electron chi connectivity index (χ4n) is 2.00. The normalized spacial score (nSPS) is 10.2. The van der Waals surface area contributed by atoms with Crippen LogP contribution in [0, 0.1) is 13.8 Å². The molecule has 0 aliphatic rings. The Labute approximate surface area is 138 Å². The molecule has 114 valence electrons. The first kappa shape index (κ1) is 16.3. The number of hydrogen-bond acceptors (Lipinski definition) is 2. The van der Waals surface area contributed by atoms with Crippen molar-refractivity contribution in [2.75, 3.05) is 10.6 Å². The first-order chi connectivity index (χ1) is 10.3. The number of hydrogen-bond donors (Lipinski definition) is 2. The zero-order chi connectivity index (χ0) is 16.3. The standard InChI is InChI=1S/C16H14Cl2N2O2/c1-9-5-10(2)7-12(6-9)19-15(21)16(22)20-14-4-3-11(17)8-13(14)18/h3-8H,1-2H3,(H,19,21)(H,20,22).